The van der Waals surface area contributed by atoms with E-state index in [0.717, 1.165) is 11.3 Å². The van der Waals surface area contributed by atoms with Crippen molar-refractivity contribution in [3.05, 3.63) is 58.1 Å². The molecule has 0 aromatic heterocycles. The van der Waals surface area contributed by atoms with Crippen molar-refractivity contribution in [1.82, 2.24) is 0 Å². The maximum atomic E-state index is 12.3. The van der Waals surface area contributed by atoms with Crippen LogP contribution in [0.25, 0.3) is 0 Å². The highest BCUT2D eigenvalue weighted by atomic mass is 35.5. The summed E-state index contributed by atoms with van der Waals surface area (Å²) >= 11 is 13.4. The normalized spacial score (nSPS) is 11.8. The predicted molar refractivity (Wildman–Crippen MR) is 98.8 cm³/mol. The van der Waals surface area contributed by atoms with Crippen LogP contribution in [0.4, 0.5) is 5.69 Å². The van der Waals surface area contributed by atoms with Crippen molar-refractivity contribution >= 4 is 46.6 Å². The van der Waals surface area contributed by atoms with Gasteiger partial charge in [0, 0.05) is 15.8 Å². The summed E-state index contributed by atoms with van der Waals surface area (Å²) in [5, 5.41) is 3.89. The third-order valence-corrected chi connectivity index (χ3v) is 4.90. The van der Waals surface area contributed by atoms with Crippen molar-refractivity contribution < 1.29 is 9.53 Å². The third kappa shape index (κ3) is 5.34. The number of carbonyl (C=O) groups is 1. The van der Waals surface area contributed by atoms with Gasteiger partial charge in [0.05, 0.1) is 18.0 Å². The topological polar surface area (TPSA) is 38.3 Å². The Morgan fingerprint density at radius 2 is 1.83 bits per heavy atom. The molecule has 0 heterocycles. The van der Waals surface area contributed by atoms with E-state index in [0.29, 0.717) is 21.5 Å². The van der Waals surface area contributed by atoms with Gasteiger partial charge in [-0.25, -0.2) is 0 Å². The van der Waals surface area contributed by atoms with Gasteiger partial charge in [-0.15, -0.1) is 11.8 Å². The van der Waals surface area contributed by atoms with Crippen LogP contribution in [0.15, 0.2) is 42.5 Å². The first kappa shape index (κ1) is 18.0. The zero-order valence-electron chi connectivity index (χ0n) is 12.8. The highest BCUT2D eigenvalue weighted by molar-refractivity contribution is 7.99. The standard InChI is InChI=1S/C17H17Cl2NO2S/c1-11(23-10-12-3-5-13(18)6-4-12)17(21)20-15-9-14(19)7-8-16(15)22-2/h3-9,11H,10H2,1-2H3,(H,20,21). The zero-order chi connectivity index (χ0) is 16.8. The van der Waals surface area contributed by atoms with Crippen LogP contribution in [0.3, 0.4) is 0 Å². The van der Waals surface area contributed by atoms with Crippen molar-refractivity contribution in [2.45, 2.75) is 17.9 Å². The molecule has 2 rings (SSSR count). The van der Waals surface area contributed by atoms with Gasteiger partial charge >= 0.3 is 0 Å². The monoisotopic (exact) mass is 369 g/mol. The Labute approximate surface area is 150 Å². The Kier molecular flexibility index (Phi) is 6.63. The van der Waals surface area contributed by atoms with Crippen LogP contribution in [0.2, 0.25) is 10.0 Å². The molecule has 2 aromatic rings. The number of hydrogen-bond acceptors (Lipinski definition) is 3. The fraction of sp³-hybridized carbons (Fsp3) is 0.235. The molecule has 0 spiro atoms. The number of rotatable bonds is 6. The van der Waals surface area contributed by atoms with Gasteiger partial charge < -0.3 is 10.1 Å². The lowest BCUT2D eigenvalue weighted by Gasteiger charge is -2.14. The second-order valence-corrected chi connectivity index (χ2v) is 7.12. The molecule has 23 heavy (non-hydrogen) atoms. The summed E-state index contributed by atoms with van der Waals surface area (Å²) in [6.45, 7) is 1.87. The average Bonchev–Trinajstić information content (AvgIpc) is 2.54. The molecule has 0 aliphatic carbocycles. The molecular weight excluding hydrogens is 353 g/mol. The van der Waals surface area contributed by atoms with Gasteiger partial charge in [0.15, 0.2) is 0 Å². The molecular formula is C17H17Cl2NO2S. The summed E-state index contributed by atoms with van der Waals surface area (Å²) in [7, 11) is 1.55. The second-order valence-electron chi connectivity index (χ2n) is 4.91. The number of anilines is 1. The number of nitrogens with one attached hydrogen (secondary N) is 1. The van der Waals surface area contributed by atoms with E-state index in [2.05, 4.69) is 5.32 Å². The predicted octanol–water partition coefficient (Wildman–Crippen LogP) is 5.26. The molecule has 6 heteroatoms. The molecule has 1 N–H and O–H groups in total. The SMILES string of the molecule is COc1ccc(Cl)cc1NC(=O)C(C)SCc1ccc(Cl)cc1. The number of carbonyl (C=O) groups excluding carboxylic acids is 1. The van der Waals surface area contributed by atoms with Crippen LogP contribution in [0.1, 0.15) is 12.5 Å². The Hall–Kier alpha value is -1.36. The molecule has 3 nitrogen and oxygen atoms in total. The van der Waals surface area contributed by atoms with Crippen molar-refractivity contribution in [3.63, 3.8) is 0 Å². The molecule has 1 amide bonds. The number of benzene rings is 2. The molecule has 0 bridgehead atoms. The minimum absolute atomic E-state index is 0.0930. The first-order valence-corrected chi connectivity index (χ1v) is 8.80. The molecule has 1 unspecified atom stereocenters. The van der Waals surface area contributed by atoms with Gasteiger partial charge in [-0.1, -0.05) is 35.3 Å². The Morgan fingerprint density at radius 3 is 2.48 bits per heavy atom. The van der Waals surface area contributed by atoms with Crippen LogP contribution in [-0.4, -0.2) is 18.3 Å². The first-order chi connectivity index (χ1) is 11.0. The van der Waals surface area contributed by atoms with Gasteiger partial charge in [0.2, 0.25) is 5.91 Å². The van der Waals surface area contributed by atoms with Crippen molar-refractivity contribution in [2.75, 3.05) is 12.4 Å². The Balaban J connectivity index is 1.94. The summed E-state index contributed by atoms with van der Waals surface area (Å²) < 4.78 is 5.23. The summed E-state index contributed by atoms with van der Waals surface area (Å²) in [5.41, 5.74) is 1.70. The van der Waals surface area contributed by atoms with E-state index in [9.17, 15) is 4.79 Å². The van der Waals surface area contributed by atoms with E-state index in [1.165, 1.54) is 0 Å². The molecule has 1 atom stereocenters. The van der Waals surface area contributed by atoms with Crippen molar-refractivity contribution in [2.24, 2.45) is 0 Å². The lowest BCUT2D eigenvalue weighted by atomic mass is 10.2. The number of hydrogen-bond donors (Lipinski definition) is 1. The molecule has 122 valence electrons. The quantitative estimate of drug-likeness (QED) is 0.754. The maximum absolute atomic E-state index is 12.3. The van der Waals surface area contributed by atoms with E-state index in [4.69, 9.17) is 27.9 Å². The van der Waals surface area contributed by atoms with Gasteiger partial charge in [-0.2, -0.15) is 0 Å². The summed E-state index contributed by atoms with van der Waals surface area (Å²) in [6, 6.07) is 12.7. The maximum Gasteiger partial charge on any atom is 0.237 e. The summed E-state index contributed by atoms with van der Waals surface area (Å²) in [5.74, 6) is 1.22. The first-order valence-electron chi connectivity index (χ1n) is 7.00. The molecule has 0 aliphatic rings. The minimum atomic E-state index is -0.214. The fourth-order valence-corrected chi connectivity index (χ4v) is 3.03. The third-order valence-electron chi connectivity index (χ3n) is 3.20. The Bertz CT molecular complexity index is 677. The smallest absolute Gasteiger partial charge is 0.237 e. The van der Waals surface area contributed by atoms with E-state index in [1.54, 1.807) is 37.1 Å². The van der Waals surface area contributed by atoms with Crippen molar-refractivity contribution in [1.29, 1.82) is 0 Å². The Morgan fingerprint density at radius 1 is 1.17 bits per heavy atom. The number of methoxy groups -OCH3 is 1. The number of thioether (sulfide) groups is 1. The molecule has 0 fully saturated rings. The van der Waals surface area contributed by atoms with Crippen LogP contribution >= 0.6 is 35.0 Å². The number of amides is 1. The molecule has 0 aliphatic heterocycles. The number of ether oxygens (including phenoxy) is 1. The van der Waals surface area contributed by atoms with E-state index < -0.39 is 0 Å². The van der Waals surface area contributed by atoms with Gasteiger partial charge in [0.25, 0.3) is 0 Å². The number of halogens is 2. The molecule has 0 saturated carbocycles. The van der Waals surface area contributed by atoms with Gasteiger partial charge in [-0.3, -0.25) is 4.79 Å². The van der Waals surface area contributed by atoms with Crippen LogP contribution in [-0.2, 0) is 10.5 Å². The van der Waals surface area contributed by atoms with Crippen LogP contribution in [0.5, 0.6) is 5.75 Å². The molecule has 0 saturated heterocycles. The largest absolute Gasteiger partial charge is 0.495 e. The highest BCUT2D eigenvalue weighted by Gasteiger charge is 2.16. The van der Waals surface area contributed by atoms with Gasteiger partial charge in [0.1, 0.15) is 5.75 Å². The van der Waals surface area contributed by atoms with Crippen LogP contribution < -0.4 is 10.1 Å². The summed E-state index contributed by atoms with van der Waals surface area (Å²) in [4.78, 5) is 12.3. The minimum Gasteiger partial charge on any atom is -0.495 e. The lowest BCUT2D eigenvalue weighted by Crippen LogP contribution is -2.22. The highest BCUT2D eigenvalue weighted by Crippen LogP contribution is 2.29. The van der Waals surface area contributed by atoms with E-state index in [1.807, 2.05) is 31.2 Å². The van der Waals surface area contributed by atoms with E-state index >= 15 is 0 Å². The molecule has 2 aromatic carbocycles. The summed E-state index contributed by atoms with van der Waals surface area (Å²) in [6.07, 6.45) is 0. The second kappa shape index (κ2) is 8.48. The van der Waals surface area contributed by atoms with Crippen molar-refractivity contribution in [3.8, 4) is 5.75 Å². The fourth-order valence-electron chi connectivity index (χ4n) is 1.89. The molecule has 0 radical (unpaired) electrons. The zero-order valence-corrected chi connectivity index (χ0v) is 15.1. The van der Waals surface area contributed by atoms with E-state index in [-0.39, 0.29) is 11.2 Å². The lowest BCUT2D eigenvalue weighted by molar-refractivity contribution is -0.115. The van der Waals surface area contributed by atoms with Crippen LogP contribution in [0, 0.1) is 0 Å². The van der Waals surface area contributed by atoms with Gasteiger partial charge in [-0.05, 0) is 42.8 Å². The average molecular weight is 370 g/mol.